The van der Waals surface area contributed by atoms with Crippen LogP contribution in [0, 0.1) is 0 Å². The number of carbonyl (C=O) groups excluding carboxylic acids is 1. The molecule has 0 rings (SSSR count). The van der Waals surface area contributed by atoms with Crippen LogP contribution in [-0.4, -0.2) is 68.5 Å². The van der Waals surface area contributed by atoms with Crippen LogP contribution < -0.4 is 10.2 Å². The lowest BCUT2D eigenvalue weighted by molar-refractivity contribution is -0.870. The summed E-state index contributed by atoms with van der Waals surface area (Å²) in [4.78, 5) is 25.2. The Kier molecular flexibility index (Phi) is 33.1. The Hall–Kier alpha value is -1.02. The third-order valence-electron chi connectivity index (χ3n) is 9.19. The summed E-state index contributed by atoms with van der Waals surface area (Å²) >= 11 is 0. The summed E-state index contributed by atoms with van der Waals surface area (Å²) < 4.78 is 23.2. The average molecular weight is 729 g/mol. The maximum Gasteiger partial charge on any atom is 0.268 e. The van der Waals surface area contributed by atoms with Gasteiger partial charge in [-0.05, 0) is 44.9 Å². The van der Waals surface area contributed by atoms with Crippen LogP contribution in [0.2, 0.25) is 0 Å². The van der Waals surface area contributed by atoms with E-state index in [0.29, 0.717) is 23.9 Å². The van der Waals surface area contributed by atoms with Crippen LogP contribution in [-0.2, 0) is 18.4 Å². The van der Waals surface area contributed by atoms with Crippen molar-refractivity contribution >= 4 is 13.7 Å². The minimum absolute atomic E-state index is 0.00956. The largest absolute Gasteiger partial charge is 0.756 e. The molecular weight excluding hydrogens is 647 g/mol. The molecule has 296 valence electrons. The van der Waals surface area contributed by atoms with E-state index in [-0.39, 0.29) is 19.1 Å². The zero-order valence-electron chi connectivity index (χ0n) is 33.4. The maximum atomic E-state index is 12.8. The fraction of sp³-hybridized carbons (Fsp3) is 0.878. The van der Waals surface area contributed by atoms with Crippen molar-refractivity contribution in [1.82, 2.24) is 5.32 Å². The van der Waals surface area contributed by atoms with Crippen molar-refractivity contribution in [3.05, 3.63) is 24.3 Å². The SMILES string of the molecule is CCCCC/C=C\C/C=C\CCCCCCCC(=O)NC(COP(=O)([O-])OCC[N+](C)(C)C)C(O)CCCCCCCCCCCCCCC. The normalized spacial score (nSPS) is 14.8. The lowest BCUT2D eigenvalue weighted by Gasteiger charge is -2.30. The Morgan fingerprint density at radius 1 is 0.700 bits per heavy atom. The van der Waals surface area contributed by atoms with Crippen molar-refractivity contribution < 1.29 is 32.9 Å². The molecule has 9 heteroatoms. The molecule has 3 unspecified atom stereocenters. The van der Waals surface area contributed by atoms with E-state index in [9.17, 15) is 19.4 Å². The summed E-state index contributed by atoms with van der Waals surface area (Å²) in [6, 6.07) is -0.804. The fourth-order valence-electron chi connectivity index (χ4n) is 5.83. The molecule has 0 saturated carbocycles. The van der Waals surface area contributed by atoms with Crippen molar-refractivity contribution in [3.8, 4) is 0 Å². The Bertz CT molecular complexity index is 876. The van der Waals surface area contributed by atoms with Gasteiger partial charge in [0, 0.05) is 6.42 Å². The number of hydrogen-bond donors (Lipinski definition) is 2. The number of amides is 1. The van der Waals surface area contributed by atoms with Crippen molar-refractivity contribution in [1.29, 1.82) is 0 Å². The van der Waals surface area contributed by atoms with E-state index >= 15 is 0 Å². The Morgan fingerprint density at radius 3 is 1.70 bits per heavy atom. The van der Waals surface area contributed by atoms with Crippen LogP contribution in [0.15, 0.2) is 24.3 Å². The van der Waals surface area contributed by atoms with Gasteiger partial charge in [-0.1, -0.05) is 154 Å². The second-order valence-corrected chi connectivity index (χ2v) is 16.8. The summed E-state index contributed by atoms with van der Waals surface area (Å²) in [5.41, 5.74) is 0. The Balaban J connectivity index is 4.45. The Labute approximate surface area is 309 Å². The highest BCUT2D eigenvalue weighted by atomic mass is 31.2. The smallest absolute Gasteiger partial charge is 0.268 e. The number of carbonyl (C=O) groups is 1. The quantitative estimate of drug-likeness (QED) is 0.0285. The number of likely N-dealkylation sites (N-methyl/N-ethyl adjacent to an activating group) is 1. The van der Waals surface area contributed by atoms with Gasteiger partial charge in [0.25, 0.3) is 7.82 Å². The van der Waals surface area contributed by atoms with E-state index in [1.807, 2.05) is 21.1 Å². The first kappa shape index (κ1) is 49.0. The van der Waals surface area contributed by atoms with Crippen LogP contribution in [0.4, 0.5) is 0 Å². The van der Waals surface area contributed by atoms with Gasteiger partial charge in [-0.2, -0.15) is 0 Å². The first-order chi connectivity index (χ1) is 24.0. The highest BCUT2D eigenvalue weighted by molar-refractivity contribution is 7.45. The Morgan fingerprint density at radius 2 is 1.16 bits per heavy atom. The first-order valence-corrected chi connectivity index (χ1v) is 22.1. The van der Waals surface area contributed by atoms with Gasteiger partial charge >= 0.3 is 0 Å². The van der Waals surface area contributed by atoms with Gasteiger partial charge in [-0.15, -0.1) is 0 Å². The van der Waals surface area contributed by atoms with Gasteiger partial charge in [0.05, 0.1) is 39.9 Å². The summed E-state index contributed by atoms with van der Waals surface area (Å²) in [6.07, 6.45) is 37.4. The molecule has 0 aliphatic rings. The molecule has 3 atom stereocenters. The van der Waals surface area contributed by atoms with E-state index in [1.165, 1.54) is 89.9 Å². The number of aliphatic hydroxyl groups is 1. The van der Waals surface area contributed by atoms with E-state index in [4.69, 9.17) is 9.05 Å². The second-order valence-electron chi connectivity index (χ2n) is 15.3. The molecule has 0 aromatic rings. The number of phosphoric ester groups is 1. The molecule has 2 N–H and O–H groups in total. The number of unbranched alkanes of at least 4 members (excludes halogenated alkanes) is 20. The van der Waals surface area contributed by atoms with Crippen LogP contribution in [0.1, 0.15) is 181 Å². The summed E-state index contributed by atoms with van der Waals surface area (Å²) in [6.45, 7) is 4.67. The minimum atomic E-state index is -4.56. The van der Waals surface area contributed by atoms with Gasteiger partial charge in [0.2, 0.25) is 5.91 Å². The fourth-order valence-corrected chi connectivity index (χ4v) is 6.56. The van der Waals surface area contributed by atoms with Crippen molar-refractivity contribution in [2.75, 3.05) is 40.9 Å². The van der Waals surface area contributed by atoms with Crippen molar-refractivity contribution in [3.63, 3.8) is 0 Å². The molecule has 0 heterocycles. The van der Waals surface area contributed by atoms with E-state index in [1.54, 1.807) is 0 Å². The molecular formula is C41H81N2O6P. The lowest BCUT2D eigenvalue weighted by atomic mass is 10.0. The summed E-state index contributed by atoms with van der Waals surface area (Å²) in [5.74, 6) is -0.180. The predicted octanol–water partition coefficient (Wildman–Crippen LogP) is 10.3. The van der Waals surface area contributed by atoms with Crippen LogP contribution in [0.3, 0.4) is 0 Å². The molecule has 1 amide bonds. The number of hydrogen-bond acceptors (Lipinski definition) is 6. The number of nitrogens with one attached hydrogen (secondary N) is 1. The second kappa shape index (κ2) is 33.8. The van der Waals surface area contributed by atoms with E-state index in [2.05, 4.69) is 43.5 Å². The number of phosphoric acid groups is 1. The van der Waals surface area contributed by atoms with Gasteiger partial charge < -0.3 is 28.8 Å². The van der Waals surface area contributed by atoms with Crippen molar-refractivity contribution in [2.45, 2.75) is 193 Å². The van der Waals surface area contributed by atoms with E-state index in [0.717, 1.165) is 64.2 Å². The third-order valence-corrected chi connectivity index (χ3v) is 10.2. The van der Waals surface area contributed by atoms with Crippen LogP contribution in [0.25, 0.3) is 0 Å². The number of rotatable bonds is 37. The van der Waals surface area contributed by atoms with E-state index < -0.39 is 20.0 Å². The minimum Gasteiger partial charge on any atom is -0.756 e. The molecule has 0 aliphatic heterocycles. The lowest BCUT2D eigenvalue weighted by Crippen LogP contribution is -2.46. The molecule has 50 heavy (non-hydrogen) atoms. The molecule has 0 aromatic heterocycles. The van der Waals surface area contributed by atoms with Gasteiger partial charge in [0.1, 0.15) is 13.2 Å². The van der Waals surface area contributed by atoms with Crippen LogP contribution in [0.5, 0.6) is 0 Å². The molecule has 0 aliphatic carbocycles. The summed E-state index contributed by atoms with van der Waals surface area (Å²) in [5, 5.41) is 13.8. The molecule has 0 spiro atoms. The maximum absolute atomic E-state index is 12.8. The summed E-state index contributed by atoms with van der Waals surface area (Å²) in [7, 11) is 1.29. The number of quaternary nitrogens is 1. The molecule has 0 bridgehead atoms. The zero-order valence-corrected chi connectivity index (χ0v) is 34.2. The van der Waals surface area contributed by atoms with Gasteiger partial charge in [-0.25, -0.2) is 0 Å². The standard InChI is InChI=1S/C41H81N2O6P/c1-6-8-10-12-14-16-18-20-21-23-25-27-29-31-33-35-41(45)42-39(38-49-50(46,47)48-37-36-43(3,4)5)40(44)34-32-30-28-26-24-22-19-17-15-13-11-9-7-2/h14,16,20-21,39-40,44H,6-13,15,17-19,22-38H2,1-5H3,(H-,42,45,46,47)/b16-14-,21-20-. The average Bonchev–Trinajstić information content (AvgIpc) is 3.06. The first-order valence-electron chi connectivity index (χ1n) is 20.7. The molecule has 0 saturated heterocycles. The monoisotopic (exact) mass is 729 g/mol. The number of allylic oxidation sites excluding steroid dienone is 4. The van der Waals surface area contributed by atoms with Crippen molar-refractivity contribution in [2.24, 2.45) is 0 Å². The molecule has 0 radical (unpaired) electrons. The number of aliphatic hydroxyl groups excluding tert-OH is 1. The van der Waals surface area contributed by atoms with Gasteiger partial charge in [-0.3, -0.25) is 9.36 Å². The molecule has 0 fully saturated rings. The molecule has 8 nitrogen and oxygen atoms in total. The van der Waals surface area contributed by atoms with Crippen LogP contribution >= 0.6 is 7.82 Å². The number of nitrogens with zero attached hydrogens (tertiary/aromatic N) is 1. The van der Waals surface area contributed by atoms with Gasteiger partial charge in [0.15, 0.2) is 0 Å². The topological polar surface area (TPSA) is 108 Å². The molecule has 0 aromatic carbocycles. The highest BCUT2D eigenvalue weighted by Gasteiger charge is 2.24. The predicted molar refractivity (Wildman–Crippen MR) is 210 cm³/mol. The highest BCUT2D eigenvalue weighted by Crippen LogP contribution is 2.38. The zero-order chi connectivity index (χ0) is 37.2. The third kappa shape index (κ3) is 35.4.